The molecule has 0 fully saturated rings. The predicted molar refractivity (Wildman–Crippen MR) is 93.0 cm³/mol. The zero-order valence-corrected chi connectivity index (χ0v) is 15.8. The summed E-state index contributed by atoms with van der Waals surface area (Å²) in [7, 11) is -2.36. The lowest BCUT2D eigenvalue weighted by Crippen LogP contribution is -2.37. The monoisotopic (exact) mass is 398 g/mol. The number of fused-ring (bicyclic) bond motifs is 1. The van der Waals surface area contributed by atoms with E-state index >= 15 is 0 Å². The molecule has 27 heavy (non-hydrogen) atoms. The summed E-state index contributed by atoms with van der Waals surface area (Å²) in [5.74, 6) is -1.44. The third-order valence-corrected chi connectivity index (χ3v) is 6.47. The lowest BCUT2D eigenvalue weighted by Gasteiger charge is -2.26. The first kappa shape index (κ1) is 19.4. The van der Waals surface area contributed by atoms with E-state index in [1.807, 2.05) is 0 Å². The predicted octanol–water partition coefficient (Wildman–Crippen LogP) is 1.47. The van der Waals surface area contributed by atoms with Gasteiger partial charge in [-0.05, 0) is 12.1 Å². The molecule has 1 aliphatic rings. The van der Waals surface area contributed by atoms with Crippen molar-refractivity contribution in [1.82, 2.24) is 19.2 Å². The van der Waals surface area contributed by atoms with Crippen LogP contribution < -0.4 is 5.32 Å². The summed E-state index contributed by atoms with van der Waals surface area (Å²) >= 11 is 0. The number of nitrogens with zero attached hydrogens (tertiary/aromatic N) is 3. The Bertz CT molecular complexity index is 988. The van der Waals surface area contributed by atoms with Crippen molar-refractivity contribution in [1.29, 1.82) is 0 Å². The van der Waals surface area contributed by atoms with Crippen LogP contribution >= 0.6 is 0 Å². The van der Waals surface area contributed by atoms with Crippen molar-refractivity contribution in [2.75, 3.05) is 6.54 Å². The van der Waals surface area contributed by atoms with E-state index in [2.05, 4.69) is 10.3 Å². The first-order valence-corrected chi connectivity index (χ1v) is 9.93. The molecule has 0 unspecified atom stereocenters. The molecule has 7 nitrogen and oxygen atoms in total. The number of aromatic nitrogens is 2. The fourth-order valence-corrected chi connectivity index (χ4v) is 4.46. The number of benzene rings is 1. The summed E-state index contributed by atoms with van der Waals surface area (Å²) in [6, 6.07) is 2.41. The molecule has 1 N–H and O–H groups in total. The van der Waals surface area contributed by atoms with Gasteiger partial charge in [-0.25, -0.2) is 22.2 Å². The highest BCUT2D eigenvalue weighted by molar-refractivity contribution is 7.89. The molecule has 146 valence electrons. The van der Waals surface area contributed by atoms with E-state index in [4.69, 9.17) is 0 Å². The summed E-state index contributed by atoms with van der Waals surface area (Å²) in [6.07, 6.45) is 0.729. The lowest BCUT2D eigenvalue weighted by atomic mass is 10.2. The van der Waals surface area contributed by atoms with Gasteiger partial charge in [-0.1, -0.05) is 6.92 Å². The number of imidazole rings is 1. The van der Waals surface area contributed by atoms with E-state index in [-0.39, 0.29) is 25.5 Å². The Labute approximate surface area is 156 Å². The molecule has 2 aromatic rings. The normalized spacial score (nSPS) is 14.8. The lowest BCUT2D eigenvalue weighted by molar-refractivity contribution is -0.120. The first-order valence-electron chi connectivity index (χ1n) is 8.49. The van der Waals surface area contributed by atoms with Gasteiger partial charge in [-0.15, -0.1) is 0 Å². The Morgan fingerprint density at radius 2 is 2.07 bits per heavy atom. The fraction of sp³-hybridized carbons (Fsp3) is 0.412. The Morgan fingerprint density at radius 1 is 1.33 bits per heavy atom. The Kier molecular flexibility index (Phi) is 5.29. The highest BCUT2D eigenvalue weighted by Gasteiger charge is 2.33. The standard InChI is InChI=1S/C17H20F2N4O3S/c1-3-17(24)20-9-16-21-13-6-7-23(10-14(13)22(16)2)27(25,26)15-5-4-11(18)8-12(15)19/h4-5,8H,3,6-7,9-10H2,1-2H3,(H,20,24). The summed E-state index contributed by atoms with van der Waals surface area (Å²) in [4.78, 5) is 15.4. The zero-order chi connectivity index (χ0) is 19.8. The molecule has 0 aliphatic carbocycles. The number of nitrogens with one attached hydrogen (secondary N) is 1. The molecular formula is C17H20F2N4O3S. The molecule has 1 aromatic carbocycles. The molecule has 1 aromatic heterocycles. The summed E-state index contributed by atoms with van der Waals surface area (Å²) in [5.41, 5.74) is 1.44. The highest BCUT2D eigenvalue weighted by atomic mass is 32.2. The fourth-order valence-electron chi connectivity index (χ4n) is 3.01. The highest BCUT2D eigenvalue weighted by Crippen LogP contribution is 2.27. The van der Waals surface area contributed by atoms with Gasteiger partial charge in [0.2, 0.25) is 15.9 Å². The average molecular weight is 398 g/mol. The molecule has 0 radical (unpaired) electrons. The van der Waals surface area contributed by atoms with Crippen molar-refractivity contribution in [3.8, 4) is 0 Å². The first-order chi connectivity index (χ1) is 12.7. The van der Waals surface area contributed by atoms with Gasteiger partial charge >= 0.3 is 0 Å². The zero-order valence-electron chi connectivity index (χ0n) is 15.0. The van der Waals surface area contributed by atoms with Gasteiger partial charge in [0.05, 0.1) is 24.5 Å². The molecule has 0 spiro atoms. The van der Waals surface area contributed by atoms with Crippen LogP contribution in [0.1, 0.15) is 30.6 Å². The van der Waals surface area contributed by atoms with Crippen molar-refractivity contribution in [3.05, 3.63) is 47.0 Å². The Hall–Kier alpha value is -2.33. The molecule has 0 saturated carbocycles. The van der Waals surface area contributed by atoms with Crippen molar-refractivity contribution in [2.24, 2.45) is 7.05 Å². The van der Waals surface area contributed by atoms with Gasteiger partial charge in [-0.2, -0.15) is 4.31 Å². The number of amides is 1. The van der Waals surface area contributed by atoms with E-state index in [1.54, 1.807) is 18.5 Å². The topological polar surface area (TPSA) is 84.3 Å². The SMILES string of the molecule is CCC(=O)NCc1nc2c(n1C)CN(S(=O)(=O)c1ccc(F)cc1F)CC2. The largest absolute Gasteiger partial charge is 0.349 e. The van der Waals surface area contributed by atoms with Gasteiger partial charge in [0.15, 0.2) is 0 Å². The molecule has 2 heterocycles. The summed E-state index contributed by atoms with van der Waals surface area (Å²) < 4.78 is 55.5. The van der Waals surface area contributed by atoms with Crippen molar-refractivity contribution < 1.29 is 22.0 Å². The van der Waals surface area contributed by atoms with Gasteiger partial charge in [-0.3, -0.25) is 4.79 Å². The van der Waals surface area contributed by atoms with Crippen LogP contribution in [0.25, 0.3) is 0 Å². The third kappa shape index (κ3) is 3.72. The van der Waals surface area contributed by atoms with Crippen LogP contribution in [-0.2, 0) is 41.4 Å². The smallest absolute Gasteiger partial charge is 0.246 e. The minimum Gasteiger partial charge on any atom is -0.349 e. The maximum atomic E-state index is 14.0. The van der Waals surface area contributed by atoms with E-state index in [0.29, 0.717) is 30.4 Å². The number of sulfonamides is 1. The number of carbonyl (C=O) groups is 1. The molecule has 0 saturated heterocycles. The maximum absolute atomic E-state index is 14.0. The van der Waals surface area contributed by atoms with Crippen molar-refractivity contribution in [2.45, 2.75) is 37.8 Å². The molecule has 1 aliphatic heterocycles. The maximum Gasteiger partial charge on any atom is 0.246 e. The van der Waals surface area contributed by atoms with Crippen LogP contribution in [0.3, 0.4) is 0 Å². The van der Waals surface area contributed by atoms with Gasteiger partial charge in [0.25, 0.3) is 0 Å². The van der Waals surface area contributed by atoms with Crippen LogP contribution in [0.2, 0.25) is 0 Å². The minimum absolute atomic E-state index is 0.0275. The van der Waals surface area contributed by atoms with Gasteiger partial charge < -0.3 is 9.88 Å². The van der Waals surface area contributed by atoms with E-state index in [9.17, 15) is 22.0 Å². The van der Waals surface area contributed by atoms with E-state index < -0.39 is 26.6 Å². The molecule has 0 atom stereocenters. The molecular weight excluding hydrogens is 378 g/mol. The third-order valence-electron chi connectivity index (χ3n) is 4.59. The van der Waals surface area contributed by atoms with Crippen molar-refractivity contribution in [3.63, 3.8) is 0 Å². The number of rotatable bonds is 5. The van der Waals surface area contributed by atoms with Gasteiger partial charge in [0, 0.05) is 32.5 Å². The second kappa shape index (κ2) is 7.35. The molecule has 10 heteroatoms. The summed E-state index contributed by atoms with van der Waals surface area (Å²) in [5, 5.41) is 2.74. The average Bonchev–Trinajstić information content (AvgIpc) is 2.94. The van der Waals surface area contributed by atoms with E-state index in [0.717, 1.165) is 22.1 Å². The van der Waals surface area contributed by atoms with E-state index in [1.165, 1.54) is 0 Å². The summed E-state index contributed by atoms with van der Waals surface area (Å²) in [6.45, 7) is 2.16. The second-order valence-corrected chi connectivity index (χ2v) is 8.18. The van der Waals surface area contributed by atoms with Crippen LogP contribution in [0.4, 0.5) is 8.78 Å². The number of halogens is 2. The molecule has 3 rings (SSSR count). The molecule has 0 bridgehead atoms. The van der Waals surface area contributed by atoms with Crippen LogP contribution in [0.5, 0.6) is 0 Å². The number of carbonyl (C=O) groups excluding carboxylic acids is 1. The van der Waals surface area contributed by atoms with Crippen LogP contribution in [0.15, 0.2) is 23.1 Å². The van der Waals surface area contributed by atoms with Crippen molar-refractivity contribution >= 4 is 15.9 Å². The number of hydrogen-bond donors (Lipinski definition) is 1. The molecule has 1 amide bonds. The Morgan fingerprint density at radius 3 is 2.74 bits per heavy atom. The van der Waals surface area contributed by atoms with Gasteiger partial charge in [0.1, 0.15) is 22.4 Å². The van der Waals surface area contributed by atoms with Crippen LogP contribution in [0, 0.1) is 11.6 Å². The Balaban J connectivity index is 1.85. The quantitative estimate of drug-likeness (QED) is 0.827. The number of hydrogen-bond acceptors (Lipinski definition) is 4. The van der Waals surface area contributed by atoms with Crippen LogP contribution in [-0.4, -0.2) is 34.7 Å². The minimum atomic E-state index is -4.11. The second-order valence-electron chi connectivity index (χ2n) is 6.27.